The van der Waals surface area contributed by atoms with Gasteiger partial charge in [0.05, 0.1) is 34.8 Å². The van der Waals surface area contributed by atoms with Crippen LogP contribution in [0, 0.1) is 0 Å². The average Bonchev–Trinajstić information content (AvgIpc) is 3.35. The Bertz CT molecular complexity index is 1030. The lowest BCUT2D eigenvalue weighted by molar-refractivity contribution is -0.0962. The van der Waals surface area contributed by atoms with Crippen LogP contribution in [-0.2, 0) is 36.4 Å². The standard InChI is InChI=1S/C23H28N6OS/c1-5-24-14-19-13-18(27-29(19)8-1)16-28-9-3-23(4-10-28)22-17(2-11-30-23)12-21(31-22)20-15-25-6-7-26-20/h6-7,12-13,15,24H,1-5,8-11,14,16H2. The molecule has 6 rings (SSSR count). The van der Waals surface area contributed by atoms with Gasteiger partial charge in [-0.15, -0.1) is 11.3 Å². The zero-order valence-electron chi connectivity index (χ0n) is 17.7. The Kier molecular flexibility index (Phi) is 5.10. The van der Waals surface area contributed by atoms with Crippen LogP contribution in [-0.4, -0.2) is 50.9 Å². The second kappa shape index (κ2) is 8.09. The van der Waals surface area contributed by atoms with E-state index in [9.17, 15) is 0 Å². The zero-order valence-corrected chi connectivity index (χ0v) is 18.5. The van der Waals surface area contributed by atoms with Gasteiger partial charge < -0.3 is 10.1 Å². The summed E-state index contributed by atoms with van der Waals surface area (Å²) in [4.78, 5) is 13.9. The molecule has 8 heteroatoms. The molecule has 0 radical (unpaired) electrons. The number of rotatable bonds is 3. The molecule has 0 aromatic carbocycles. The fourth-order valence-electron chi connectivity index (χ4n) is 5.15. The molecule has 3 aromatic heterocycles. The lowest BCUT2D eigenvalue weighted by atomic mass is 9.85. The van der Waals surface area contributed by atoms with Crippen molar-refractivity contribution in [3.8, 4) is 10.6 Å². The van der Waals surface area contributed by atoms with E-state index in [4.69, 9.17) is 9.84 Å². The lowest BCUT2D eigenvalue weighted by Gasteiger charge is -2.43. The molecule has 0 unspecified atom stereocenters. The Hall–Kier alpha value is -2.13. The first-order valence-electron chi connectivity index (χ1n) is 11.3. The Morgan fingerprint density at radius 3 is 2.97 bits per heavy atom. The van der Waals surface area contributed by atoms with E-state index < -0.39 is 0 Å². The highest BCUT2D eigenvalue weighted by Crippen LogP contribution is 2.47. The van der Waals surface area contributed by atoms with E-state index in [1.807, 2.05) is 17.5 Å². The largest absolute Gasteiger partial charge is 0.369 e. The molecule has 0 aliphatic carbocycles. The van der Waals surface area contributed by atoms with E-state index in [1.165, 1.54) is 26.7 Å². The predicted octanol–water partition coefficient (Wildman–Crippen LogP) is 2.96. The molecule has 3 aromatic rings. The number of likely N-dealkylation sites (tertiary alicyclic amines) is 1. The molecule has 6 heterocycles. The van der Waals surface area contributed by atoms with E-state index in [2.05, 4.69) is 37.0 Å². The smallest absolute Gasteiger partial charge is 0.105 e. The minimum Gasteiger partial charge on any atom is -0.369 e. The van der Waals surface area contributed by atoms with Crippen molar-refractivity contribution in [3.63, 3.8) is 0 Å². The number of piperidine rings is 1. The summed E-state index contributed by atoms with van der Waals surface area (Å²) in [7, 11) is 0. The van der Waals surface area contributed by atoms with Crippen LogP contribution < -0.4 is 5.32 Å². The number of hydrogen-bond acceptors (Lipinski definition) is 7. The topological polar surface area (TPSA) is 68.1 Å². The van der Waals surface area contributed by atoms with Crippen molar-refractivity contribution in [1.82, 2.24) is 30.0 Å². The van der Waals surface area contributed by atoms with Crippen molar-refractivity contribution >= 4 is 11.3 Å². The molecule has 3 aliphatic heterocycles. The third-order valence-electron chi connectivity index (χ3n) is 6.78. The highest BCUT2D eigenvalue weighted by Gasteiger charge is 2.42. The predicted molar refractivity (Wildman–Crippen MR) is 120 cm³/mol. The number of thiophene rings is 1. The molecule has 0 bridgehead atoms. The number of ether oxygens (including phenoxy) is 1. The van der Waals surface area contributed by atoms with Crippen LogP contribution in [0.5, 0.6) is 0 Å². The van der Waals surface area contributed by atoms with Crippen molar-refractivity contribution in [2.75, 3.05) is 26.2 Å². The first-order chi connectivity index (χ1) is 15.3. The first kappa shape index (κ1) is 19.5. The number of nitrogens with one attached hydrogen (secondary N) is 1. The summed E-state index contributed by atoms with van der Waals surface area (Å²) in [6.07, 6.45) is 9.57. The molecule has 1 fully saturated rings. The van der Waals surface area contributed by atoms with Crippen LogP contribution in [0.3, 0.4) is 0 Å². The van der Waals surface area contributed by atoms with Gasteiger partial charge in [0.2, 0.25) is 0 Å². The van der Waals surface area contributed by atoms with Crippen molar-refractivity contribution in [3.05, 3.63) is 52.6 Å². The number of aryl methyl sites for hydroxylation is 1. The van der Waals surface area contributed by atoms with Crippen LogP contribution in [0.4, 0.5) is 0 Å². The summed E-state index contributed by atoms with van der Waals surface area (Å²) in [5.74, 6) is 0. The maximum Gasteiger partial charge on any atom is 0.105 e. The molecule has 1 saturated heterocycles. The van der Waals surface area contributed by atoms with Crippen molar-refractivity contribution < 1.29 is 4.74 Å². The minimum atomic E-state index is -0.134. The SMILES string of the molecule is c1cnc(-c2cc3c(s2)C2(CCN(Cc4cc5n(n4)CCCNC5)CC2)OCC3)cn1. The number of nitrogens with zero attached hydrogens (tertiary/aromatic N) is 5. The second-order valence-electron chi connectivity index (χ2n) is 8.81. The molecule has 31 heavy (non-hydrogen) atoms. The lowest BCUT2D eigenvalue weighted by Crippen LogP contribution is -2.45. The fourth-order valence-corrected chi connectivity index (χ4v) is 6.52. The molecule has 0 atom stereocenters. The molecule has 1 spiro atoms. The van der Waals surface area contributed by atoms with Crippen LogP contribution in [0.25, 0.3) is 10.6 Å². The van der Waals surface area contributed by atoms with E-state index in [0.29, 0.717) is 0 Å². The summed E-state index contributed by atoms with van der Waals surface area (Å²) in [6, 6.07) is 4.59. The molecule has 0 amide bonds. The van der Waals surface area contributed by atoms with Gasteiger partial charge in [-0.3, -0.25) is 19.5 Å². The molecular formula is C23H28N6OS. The molecule has 3 aliphatic rings. The van der Waals surface area contributed by atoms with E-state index in [-0.39, 0.29) is 5.60 Å². The Labute approximate surface area is 186 Å². The maximum absolute atomic E-state index is 6.48. The highest BCUT2D eigenvalue weighted by atomic mass is 32.1. The molecule has 0 saturated carbocycles. The van der Waals surface area contributed by atoms with Gasteiger partial charge in [-0.1, -0.05) is 0 Å². The van der Waals surface area contributed by atoms with Gasteiger partial charge in [-0.2, -0.15) is 5.10 Å². The monoisotopic (exact) mass is 436 g/mol. The quantitative estimate of drug-likeness (QED) is 0.681. The Morgan fingerprint density at radius 2 is 2.10 bits per heavy atom. The summed E-state index contributed by atoms with van der Waals surface area (Å²) in [5, 5.41) is 8.36. The second-order valence-corrected chi connectivity index (χ2v) is 9.86. The first-order valence-corrected chi connectivity index (χ1v) is 12.1. The minimum absolute atomic E-state index is 0.134. The number of hydrogen-bond donors (Lipinski definition) is 1. The zero-order chi connectivity index (χ0) is 20.7. The summed E-state index contributed by atoms with van der Waals surface area (Å²) in [6.45, 7) is 6.85. The van der Waals surface area contributed by atoms with Crippen LogP contribution in [0.2, 0.25) is 0 Å². The van der Waals surface area contributed by atoms with Gasteiger partial charge >= 0.3 is 0 Å². The van der Waals surface area contributed by atoms with Gasteiger partial charge in [-0.05, 0) is 49.9 Å². The third kappa shape index (κ3) is 3.71. The number of fused-ring (bicyclic) bond motifs is 3. The molecule has 1 N–H and O–H groups in total. The third-order valence-corrected chi connectivity index (χ3v) is 8.17. The van der Waals surface area contributed by atoms with Crippen LogP contribution in [0.1, 0.15) is 41.1 Å². The van der Waals surface area contributed by atoms with Gasteiger partial charge in [0.1, 0.15) is 5.60 Å². The van der Waals surface area contributed by atoms with Crippen molar-refractivity contribution in [2.45, 2.75) is 50.9 Å². The molecule has 162 valence electrons. The highest BCUT2D eigenvalue weighted by molar-refractivity contribution is 7.15. The van der Waals surface area contributed by atoms with Crippen LogP contribution in [0.15, 0.2) is 30.7 Å². The number of aromatic nitrogens is 4. The summed E-state index contributed by atoms with van der Waals surface area (Å²) < 4.78 is 8.67. The van der Waals surface area contributed by atoms with Crippen molar-refractivity contribution in [1.29, 1.82) is 0 Å². The van der Waals surface area contributed by atoms with E-state index in [0.717, 1.165) is 77.3 Å². The van der Waals surface area contributed by atoms with Crippen molar-refractivity contribution in [2.24, 2.45) is 0 Å². The Morgan fingerprint density at radius 1 is 1.16 bits per heavy atom. The maximum atomic E-state index is 6.48. The van der Waals surface area contributed by atoms with E-state index >= 15 is 0 Å². The van der Waals surface area contributed by atoms with Gasteiger partial charge in [0.25, 0.3) is 0 Å². The summed E-state index contributed by atoms with van der Waals surface area (Å²) in [5.41, 5.74) is 4.78. The van der Waals surface area contributed by atoms with Gasteiger partial charge in [0.15, 0.2) is 0 Å². The Balaban J connectivity index is 1.17. The van der Waals surface area contributed by atoms with Gasteiger partial charge in [0, 0.05) is 50.0 Å². The molecule has 7 nitrogen and oxygen atoms in total. The molecular weight excluding hydrogens is 408 g/mol. The van der Waals surface area contributed by atoms with Gasteiger partial charge in [-0.25, -0.2) is 0 Å². The summed E-state index contributed by atoms with van der Waals surface area (Å²) >= 11 is 1.85. The van der Waals surface area contributed by atoms with E-state index in [1.54, 1.807) is 12.4 Å². The fraction of sp³-hybridized carbons (Fsp3) is 0.522. The average molecular weight is 437 g/mol. The van der Waals surface area contributed by atoms with Crippen LogP contribution >= 0.6 is 11.3 Å². The normalized spacial score (nSPS) is 20.9.